The number of ether oxygens (including phenoxy) is 3. The fourth-order valence-corrected chi connectivity index (χ4v) is 3.08. The van der Waals surface area contributed by atoms with E-state index < -0.39 is 0 Å². The van der Waals surface area contributed by atoms with Gasteiger partial charge in [0.2, 0.25) is 0 Å². The molecule has 0 saturated heterocycles. The van der Waals surface area contributed by atoms with Crippen LogP contribution in [0.2, 0.25) is 5.02 Å². The topological polar surface area (TPSA) is 69.2 Å². The maximum atomic E-state index is 12.0. The summed E-state index contributed by atoms with van der Waals surface area (Å²) in [4.78, 5) is 12.0. The second-order valence-corrected chi connectivity index (χ2v) is 7.52. The lowest BCUT2D eigenvalue weighted by Crippen LogP contribution is -2.24. The zero-order valence-electron chi connectivity index (χ0n) is 18.2. The number of halogens is 1. The molecule has 0 bridgehead atoms. The number of rotatable bonds is 9. The van der Waals surface area contributed by atoms with Gasteiger partial charge in [0.25, 0.3) is 5.91 Å². The highest BCUT2D eigenvalue weighted by Gasteiger charge is 2.07. The molecule has 6 nitrogen and oxygen atoms in total. The fraction of sp³-hybridized carbons (Fsp3) is 0.200. The van der Waals surface area contributed by atoms with Crippen molar-refractivity contribution >= 4 is 23.7 Å². The molecule has 0 spiro atoms. The van der Waals surface area contributed by atoms with Crippen LogP contribution in [0, 0.1) is 13.8 Å². The Balaban J connectivity index is 1.52. The molecular formula is C25H25ClN2O4. The zero-order chi connectivity index (χ0) is 22.9. The quantitative estimate of drug-likeness (QED) is 0.363. The van der Waals surface area contributed by atoms with Crippen LogP contribution in [-0.2, 0) is 11.4 Å². The Bertz CT molecular complexity index is 1080. The molecule has 0 aliphatic heterocycles. The third-order valence-electron chi connectivity index (χ3n) is 4.61. The van der Waals surface area contributed by atoms with Gasteiger partial charge in [0.05, 0.1) is 13.3 Å². The Labute approximate surface area is 192 Å². The highest BCUT2D eigenvalue weighted by molar-refractivity contribution is 6.32. The van der Waals surface area contributed by atoms with E-state index in [4.69, 9.17) is 25.8 Å². The molecule has 32 heavy (non-hydrogen) atoms. The van der Waals surface area contributed by atoms with Crippen molar-refractivity contribution in [3.8, 4) is 17.2 Å². The van der Waals surface area contributed by atoms with E-state index in [1.807, 2.05) is 50.2 Å². The van der Waals surface area contributed by atoms with Crippen molar-refractivity contribution in [3.05, 3.63) is 87.9 Å². The van der Waals surface area contributed by atoms with Gasteiger partial charge in [-0.1, -0.05) is 41.9 Å². The van der Waals surface area contributed by atoms with Gasteiger partial charge in [0.1, 0.15) is 12.4 Å². The largest absolute Gasteiger partial charge is 0.493 e. The predicted octanol–water partition coefficient (Wildman–Crippen LogP) is 5.07. The molecular weight excluding hydrogens is 428 g/mol. The van der Waals surface area contributed by atoms with E-state index in [9.17, 15) is 4.79 Å². The minimum atomic E-state index is -0.374. The monoisotopic (exact) mass is 452 g/mol. The van der Waals surface area contributed by atoms with Gasteiger partial charge >= 0.3 is 0 Å². The van der Waals surface area contributed by atoms with Gasteiger partial charge in [-0.3, -0.25) is 4.79 Å². The number of nitrogens with one attached hydrogen (secondary N) is 1. The van der Waals surface area contributed by atoms with Gasteiger partial charge in [0, 0.05) is 5.02 Å². The Morgan fingerprint density at radius 2 is 1.72 bits per heavy atom. The van der Waals surface area contributed by atoms with Crippen molar-refractivity contribution in [1.29, 1.82) is 0 Å². The van der Waals surface area contributed by atoms with E-state index in [1.165, 1.54) is 6.21 Å². The van der Waals surface area contributed by atoms with E-state index in [-0.39, 0.29) is 12.5 Å². The van der Waals surface area contributed by atoms with E-state index in [2.05, 4.69) is 10.5 Å². The first-order chi connectivity index (χ1) is 15.5. The maximum Gasteiger partial charge on any atom is 0.277 e. The number of amides is 1. The molecule has 3 aromatic rings. The van der Waals surface area contributed by atoms with Gasteiger partial charge in [0.15, 0.2) is 18.1 Å². The van der Waals surface area contributed by atoms with Crippen molar-refractivity contribution in [2.45, 2.75) is 20.5 Å². The summed E-state index contributed by atoms with van der Waals surface area (Å²) in [5, 5.41) is 4.67. The van der Waals surface area contributed by atoms with E-state index in [1.54, 1.807) is 31.4 Å². The molecule has 0 heterocycles. The normalized spacial score (nSPS) is 10.8. The van der Waals surface area contributed by atoms with E-state index in [0.29, 0.717) is 28.9 Å². The number of carbonyl (C=O) groups is 1. The molecule has 7 heteroatoms. The Hall–Kier alpha value is -3.51. The van der Waals surface area contributed by atoms with Crippen LogP contribution in [0.15, 0.2) is 65.8 Å². The van der Waals surface area contributed by atoms with Gasteiger partial charge in [-0.2, -0.15) is 5.10 Å². The molecule has 0 fully saturated rings. The number of nitrogens with zero attached hydrogens (tertiary/aromatic N) is 1. The summed E-state index contributed by atoms with van der Waals surface area (Å²) in [5.74, 6) is 1.41. The second kappa shape index (κ2) is 11.2. The number of carbonyl (C=O) groups excluding carboxylic acids is 1. The lowest BCUT2D eigenvalue weighted by atomic mass is 10.1. The summed E-state index contributed by atoms with van der Waals surface area (Å²) >= 11 is 6.15. The molecule has 1 N–H and O–H groups in total. The van der Waals surface area contributed by atoms with Gasteiger partial charge in [-0.25, -0.2) is 5.43 Å². The Kier molecular flexibility index (Phi) is 8.11. The first-order valence-corrected chi connectivity index (χ1v) is 10.4. The van der Waals surface area contributed by atoms with Crippen molar-refractivity contribution in [2.24, 2.45) is 5.10 Å². The third kappa shape index (κ3) is 6.49. The number of hydrogen-bond donors (Lipinski definition) is 1. The minimum Gasteiger partial charge on any atom is -0.493 e. The van der Waals surface area contributed by atoms with Crippen molar-refractivity contribution in [3.63, 3.8) is 0 Å². The van der Waals surface area contributed by atoms with Gasteiger partial charge in [-0.05, 0) is 66.4 Å². The summed E-state index contributed by atoms with van der Waals surface area (Å²) in [6.45, 7) is 4.05. The van der Waals surface area contributed by atoms with Crippen LogP contribution in [0.25, 0.3) is 0 Å². The van der Waals surface area contributed by atoms with Crippen molar-refractivity contribution in [1.82, 2.24) is 5.43 Å². The molecule has 0 aliphatic carbocycles. The standard InChI is InChI=1S/C25H25ClN2O4/c1-17-11-21(12-18(2)25(17)26)31-16-24(29)28-27-14-20-9-10-22(23(13-20)30-3)32-15-19-7-5-4-6-8-19/h4-14H,15-16H2,1-3H3,(H,28,29)/b27-14+. The van der Waals surface area contributed by atoms with Crippen LogP contribution in [0.1, 0.15) is 22.3 Å². The summed E-state index contributed by atoms with van der Waals surface area (Å²) < 4.78 is 16.8. The molecule has 0 saturated carbocycles. The smallest absolute Gasteiger partial charge is 0.277 e. The van der Waals surface area contributed by atoms with Crippen molar-refractivity contribution in [2.75, 3.05) is 13.7 Å². The molecule has 0 radical (unpaired) electrons. The van der Waals surface area contributed by atoms with Crippen LogP contribution >= 0.6 is 11.6 Å². The second-order valence-electron chi connectivity index (χ2n) is 7.14. The molecule has 166 valence electrons. The number of benzene rings is 3. The fourth-order valence-electron chi connectivity index (χ4n) is 2.97. The van der Waals surface area contributed by atoms with Crippen LogP contribution in [0.3, 0.4) is 0 Å². The van der Waals surface area contributed by atoms with Crippen LogP contribution < -0.4 is 19.6 Å². The SMILES string of the molecule is COc1cc(/C=N/NC(=O)COc2cc(C)c(Cl)c(C)c2)ccc1OCc1ccccc1. The summed E-state index contributed by atoms with van der Waals surface area (Å²) in [6, 6.07) is 18.9. The van der Waals surface area contributed by atoms with E-state index in [0.717, 1.165) is 22.3 Å². The average molecular weight is 453 g/mol. The molecule has 0 atom stereocenters. The number of aryl methyl sites for hydroxylation is 2. The van der Waals surface area contributed by atoms with Gasteiger partial charge < -0.3 is 14.2 Å². The average Bonchev–Trinajstić information content (AvgIpc) is 2.80. The molecule has 0 aliphatic rings. The molecule has 0 aromatic heterocycles. The Morgan fingerprint density at radius 1 is 1.00 bits per heavy atom. The highest BCUT2D eigenvalue weighted by atomic mass is 35.5. The molecule has 0 unspecified atom stereocenters. The van der Waals surface area contributed by atoms with E-state index >= 15 is 0 Å². The molecule has 3 aromatic carbocycles. The first kappa shape index (κ1) is 23.2. The summed E-state index contributed by atoms with van der Waals surface area (Å²) in [6.07, 6.45) is 1.53. The Morgan fingerprint density at radius 3 is 2.41 bits per heavy atom. The first-order valence-electron chi connectivity index (χ1n) is 10.0. The predicted molar refractivity (Wildman–Crippen MR) is 126 cm³/mol. The lowest BCUT2D eigenvalue weighted by molar-refractivity contribution is -0.123. The highest BCUT2D eigenvalue weighted by Crippen LogP contribution is 2.28. The van der Waals surface area contributed by atoms with Crippen LogP contribution in [0.5, 0.6) is 17.2 Å². The number of hydrogen-bond acceptors (Lipinski definition) is 5. The van der Waals surface area contributed by atoms with Crippen LogP contribution in [0.4, 0.5) is 0 Å². The van der Waals surface area contributed by atoms with Crippen LogP contribution in [-0.4, -0.2) is 25.8 Å². The minimum absolute atomic E-state index is 0.159. The number of hydrazone groups is 1. The number of methoxy groups -OCH3 is 1. The zero-order valence-corrected chi connectivity index (χ0v) is 19.0. The summed E-state index contributed by atoms with van der Waals surface area (Å²) in [5.41, 5.74) is 6.05. The summed E-state index contributed by atoms with van der Waals surface area (Å²) in [7, 11) is 1.57. The third-order valence-corrected chi connectivity index (χ3v) is 5.20. The molecule has 1 amide bonds. The van der Waals surface area contributed by atoms with Gasteiger partial charge in [-0.15, -0.1) is 0 Å². The lowest BCUT2D eigenvalue weighted by Gasteiger charge is -2.11. The maximum absolute atomic E-state index is 12.0. The molecule has 3 rings (SSSR count). The van der Waals surface area contributed by atoms with Crippen molar-refractivity contribution < 1.29 is 19.0 Å².